The van der Waals surface area contributed by atoms with Crippen molar-refractivity contribution in [3.63, 3.8) is 0 Å². The van der Waals surface area contributed by atoms with Crippen LogP contribution in [0.4, 0.5) is 0 Å². The highest BCUT2D eigenvalue weighted by molar-refractivity contribution is 5.77. The van der Waals surface area contributed by atoms with Crippen LogP contribution < -0.4 is 5.73 Å². The number of carboxylic acid groups (broad SMARTS) is 1. The van der Waals surface area contributed by atoms with Gasteiger partial charge < -0.3 is 10.8 Å². The first-order valence-corrected chi connectivity index (χ1v) is 7.80. The molecule has 1 aromatic carbocycles. The van der Waals surface area contributed by atoms with Gasteiger partial charge in [0.25, 0.3) is 0 Å². The Morgan fingerprint density at radius 3 is 2.76 bits per heavy atom. The molecule has 4 nitrogen and oxygen atoms in total. The fourth-order valence-electron chi connectivity index (χ4n) is 2.89. The van der Waals surface area contributed by atoms with Gasteiger partial charge in [0.05, 0.1) is 0 Å². The van der Waals surface area contributed by atoms with Crippen molar-refractivity contribution in [2.75, 3.05) is 13.1 Å². The number of nitrogens with zero attached hydrogens (tertiary/aromatic N) is 1. The largest absolute Gasteiger partial charge is 0.480 e. The molecule has 4 heteroatoms. The number of rotatable bonds is 6. The lowest BCUT2D eigenvalue weighted by atomic mass is 9.96. The van der Waals surface area contributed by atoms with Crippen molar-refractivity contribution in [1.29, 1.82) is 0 Å². The van der Waals surface area contributed by atoms with Gasteiger partial charge in [0.2, 0.25) is 0 Å². The Bertz CT molecular complexity index is 485. The van der Waals surface area contributed by atoms with Gasteiger partial charge in [-0.05, 0) is 63.2 Å². The SMILES string of the molecule is CC(N)(CCCCN1CCCc2ccccc2C1)C(=O)O. The van der Waals surface area contributed by atoms with Gasteiger partial charge in [0, 0.05) is 6.54 Å². The number of hydrogen-bond donors (Lipinski definition) is 2. The molecule has 1 unspecified atom stereocenters. The topological polar surface area (TPSA) is 66.6 Å². The lowest BCUT2D eigenvalue weighted by Crippen LogP contribution is -2.44. The number of unbranched alkanes of at least 4 members (excludes halogenated alkanes) is 1. The minimum absolute atomic E-state index is 0.534. The Hall–Kier alpha value is -1.39. The molecule has 116 valence electrons. The maximum Gasteiger partial charge on any atom is 0.323 e. The molecule has 1 heterocycles. The smallest absolute Gasteiger partial charge is 0.323 e. The zero-order valence-corrected chi connectivity index (χ0v) is 12.8. The van der Waals surface area contributed by atoms with E-state index in [1.165, 1.54) is 17.5 Å². The molecule has 0 fully saturated rings. The lowest BCUT2D eigenvalue weighted by molar-refractivity contribution is -0.142. The van der Waals surface area contributed by atoms with E-state index >= 15 is 0 Å². The van der Waals surface area contributed by atoms with Crippen LogP contribution in [0.15, 0.2) is 24.3 Å². The molecule has 0 aliphatic carbocycles. The average Bonchev–Trinajstić information content (AvgIpc) is 2.65. The number of aliphatic carboxylic acids is 1. The number of benzene rings is 1. The molecular formula is C17H26N2O2. The van der Waals surface area contributed by atoms with Gasteiger partial charge in [-0.15, -0.1) is 0 Å². The molecule has 0 bridgehead atoms. The molecular weight excluding hydrogens is 264 g/mol. The second-order valence-electron chi connectivity index (χ2n) is 6.33. The van der Waals surface area contributed by atoms with E-state index in [1.807, 2.05) is 0 Å². The lowest BCUT2D eigenvalue weighted by Gasteiger charge is -2.22. The van der Waals surface area contributed by atoms with Gasteiger partial charge in [-0.25, -0.2) is 0 Å². The fraction of sp³-hybridized carbons (Fsp3) is 0.588. The number of nitrogens with two attached hydrogens (primary N) is 1. The molecule has 0 saturated heterocycles. The number of carboxylic acids is 1. The molecule has 0 saturated carbocycles. The van der Waals surface area contributed by atoms with Crippen LogP contribution in [0.2, 0.25) is 0 Å². The van der Waals surface area contributed by atoms with Gasteiger partial charge in [0.15, 0.2) is 0 Å². The Balaban J connectivity index is 1.78. The first-order chi connectivity index (χ1) is 9.99. The third-order valence-corrected chi connectivity index (χ3v) is 4.34. The summed E-state index contributed by atoms with van der Waals surface area (Å²) in [5, 5.41) is 9.00. The number of hydrogen-bond acceptors (Lipinski definition) is 3. The van der Waals surface area contributed by atoms with Crippen LogP contribution in [0.3, 0.4) is 0 Å². The van der Waals surface area contributed by atoms with Crippen molar-refractivity contribution in [1.82, 2.24) is 4.90 Å². The maximum absolute atomic E-state index is 11.0. The highest BCUT2D eigenvalue weighted by atomic mass is 16.4. The summed E-state index contributed by atoms with van der Waals surface area (Å²) in [4.78, 5) is 13.4. The predicted octanol–water partition coefficient (Wildman–Crippen LogP) is 2.41. The van der Waals surface area contributed by atoms with E-state index < -0.39 is 11.5 Å². The van der Waals surface area contributed by atoms with Gasteiger partial charge in [-0.1, -0.05) is 24.3 Å². The molecule has 21 heavy (non-hydrogen) atoms. The molecule has 2 rings (SSSR count). The van der Waals surface area contributed by atoms with Crippen molar-refractivity contribution in [3.8, 4) is 0 Å². The predicted molar refractivity (Wildman–Crippen MR) is 84.1 cm³/mol. The molecule has 0 spiro atoms. The fourth-order valence-corrected chi connectivity index (χ4v) is 2.89. The first kappa shape index (κ1) is 16.0. The van der Waals surface area contributed by atoms with Crippen LogP contribution >= 0.6 is 0 Å². The third kappa shape index (κ3) is 4.55. The molecule has 0 radical (unpaired) electrons. The van der Waals surface area contributed by atoms with E-state index in [0.717, 1.165) is 38.9 Å². The summed E-state index contributed by atoms with van der Waals surface area (Å²) < 4.78 is 0. The van der Waals surface area contributed by atoms with Crippen LogP contribution in [0.5, 0.6) is 0 Å². The van der Waals surface area contributed by atoms with Crippen LogP contribution in [-0.2, 0) is 17.8 Å². The summed E-state index contributed by atoms with van der Waals surface area (Å²) in [6, 6.07) is 8.66. The van der Waals surface area contributed by atoms with Crippen molar-refractivity contribution in [2.24, 2.45) is 5.73 Å². The minimum Gasteiger partial charge on any atom is -0.480 e. The molecule has 1 atom stereocenters. The Kier molecular flexibility index (Phi) is 5.37. The Morgan fingerprint density at radius 2 is 2.05 bits per heavy atom. The first-order valence-electron chi connectivity index (χ1n) is 7.80. The maximum atomic E-state index is 11.0. The van der Waals surface area contributed by atoms with Gasteiger partial charge in [-0.3, -0.25) is 9.69 Å². The highest BCUT2D eigenvalue weighted by Gasteiger charge is 2.26. The second kappa shape index (κ2) is 7.05. The third-order valence-electron chi connectivity index (χ3n) is 4.34. The summed E-state index contributed by atoms with van der Waals surface area (Å²) in [6.45, 7) is 4.74. The van der Waals surface area contributed by atoms with E-state index in [4.69, 9.17) is 10.8 Å². The summed E-state index contributed by atoms with van der Waals surface area (Å²) >= 11 is 0. The van der Waals surface area contributed by atoms with E-state index in [2.05, 4.69) is 29.2 Å². The number of aryl methyl sites for hydroxylation is 1. The zero-order valence-electron chi connectivity index (χ0n) is 12.8. The van der Waals surface area contributed by atoms with Crippen LogP contribution in [0.25, 0.3) is 0 Å². The molecule has 0 amide bonds. The number of fused-ring (bicyclic) bond motifs is 1. The van der Waals surface area contributed by atoms with Crippen molar-refractivity contribution >= 4 is 5.97 Å². The Morgan fingerprint density at radius 1 is 1.33 bits per heavy atom. The van der Waals surface area contributed by atoms with Crippen molar-refractivity contribution in [3.05, 3.63) is 35.4 Å². The summed E-state index contributed by atoms with van der Waals surface area (Å²) in [5.41, 5.74) is 7.57. The van der Waals surface area contributed by atoms with Gasteiger partial charge in [-0.2, -0.15) is 0 Å². The zero-order chi connectivity index (χ0) is 15.3. The number of carbonyl (C=O) groups is 1. The van der Waals surface area contributed by atoms with Crippen LogP contribution in [-0.4, -0.2) is 34.6 Å². The summed E-state index contributed by atoms with van der Waals surface area (Å²) in [7, 11) is 0. The van der Waals surface area contributed by atoms with Gasteiger partial charge >= 0.3 is 5.97 Å². The van der Waals surface area contributed by atoms with Crippen molar-refractivity contribution in [2.45, 2.75) is 51.1 Å². The highest BCUT2D eigenvalue weighted by Crippen LogP contribution is 2.19. The molecule has 1 aliphatic heterocycles. The van der Waals surface area contributed by atoms with E-state index in [0.29, 0.717) is 6.42 Å². The van der Waals surface area contributed by atoms with Crippen LogP contribution in [0.1, 0.15) is 43.7 Å². The van der Waals surface area contributed by atoms with E-state index in [1.54, 1.807) is 6.92 Å². The molecule has 0 aromatic heterocycles. The second-order valence-corrected chi connectivity index (χ2v) is 6.33. The molecule has 1 aliphatic rings. The Labute approximate surface area is 126 Å². The standard InChI is InChI=1S/C17H26N2O2/c1-17(18,16(20)21)10-4-5-11-19-12-6-9-14-7-2-3-8-15(14)13-19/h2-3,7-8H,4-6,9-13,18H2,1H3,(H,20,21). The van der Waals surface area contributed by atoms with E-state index in [-0.39, 0.29) is 0 Å². The monoisotopic (exact) mass is 290 g/mol. The van der Waals surface area contributed by atoms with Crippen molar-refractivity contribution < 1.29 is 9.90 Å². The molecule has 1 aromatic rings. The van der Waals surface area contributed by atoms with E-state index in [9.17, 15) is 4.79 Å². The van der Waals surface area contributed by atoms with Crippen LogP contribution in [0, 0.1) is 0 Å². The quantitative estimate of drug-likeness (QED) is 0.790. The summed E-state index contributed by atoms with van der Waals surface area (Å²) in [6.07, 6.45) is 4.75. The minimum atomic E-state index is -1.09. The summed E-state index contributed by atoms with van der Waals surface area (Å²) in [5.74, 6) is -0.911. The normalized spacial score (nSPS) is 18.6. The molecule has 3 N–H and O–H groups in total. The average molecular weight is 290 g/mol. The van der Waals surface area contributed by atoms with Gasteiger partial charge in [0.1, 0.15) is 5.54 Å².